The minimum absolute atomic E-state index is 0.196. The van der Waals surface area contributed by atoms with Crippen LogP contribution in [0.5, 0.6) is 0 Å². The third-order valence-electron chi connectivity index (χ3n) is 3.06. The SMILES string of the molecule is [CH]=CC(C#C)CCC1CCCCC1. The van der Waals surface area contributed by atoms with Crippen LogP contribution in [0.15, 0.2) is 6.08 Å². The van der Waals surface area contributed by atoms with Gasteiger partial charge in [0.1, 0.15) is 0 Å². The summed E-state index contributed by atoms with van der Waals surface area (Å²) in [4.78, 5) is 0. The van der Waals surface area contributed by atoms with Crippen molar-refractivity contribution in [1.82, 2.24) is 0 Å². The molecule has 1 saturated carbocycles. The van der Waals surface area contributed by atoms with E-state index in [1.54, 1.807) is 6.08 Å². The summed E-state index contributed by atoms with van der Waals surface area (Å²) < 4.78 is 0. The zero-order valence-corrected chi connectivity index (χ0v) is 8.34. The summed E-state index contributed by atoms with van der Waals surface area (Å²) in [6.45, 7) is 5.43. The van der Waals surface area contributed by atoms with Crippen molar-refractivity contribution in [3.8, 4) is 12.3 Å². The molecule has 0 aromatic rings. The highest BCUT2D eigenvalue weighted by Crippen LogP contribution is 2.28. The Hall–Kier alpha value is -0.700. The monoisotopic (exact) mass is 175 g/mol. The van der Waals surface area contributed by atoms with Gasteiger partial charge in [-0.2, -0.15) is 0 Å². The summed E-state index contributed by atoms with van der Waals surface area (Å²) >= 11 is 0. The highest BCUT2D eigenvalue weighted by molar-refractivity contribution is 5.01. The van der Waals surface area contributed by atoms with Crippen LogP contribution in [-0.2, 0) is 0 Å². The molecule has 1 aliphatic carbocycles. The molecule has 13 heavy (non-hydrogen) atoms. The van der Waals surface area contributed by atoms with E-state index in [4.69, 9.17) is 13.0 Å². The van der Waals surface area contributed by atoms with E-state index in [0.29, 0.717) is 0 Å². The van der Waals surface area contributed by atoms with Gasteiger partial charge in [-0.05, 0) is 18.8 Å². The first kappa shape index (κ1) is 10.4. The smallest absolute Gasteiger partial charge is 0.0383 e. The molecule has 1 rings (SSSR count). The fraction of sp³-hybridized carbons (Fsp3) is 0.692. The van der Waals surface area contributed by atoms with Crippen LogP contribution in [0.2, 0.25) is 0 Å². The molecule has 0 aromatic carbocycles. The van der Waals surface area contributed by atoms with Crippen LogP contribution in [0.25, 0.3) is 0 Å². The van der Waals surface area contributed by atoms with E-state index < -0.39 is 0 Å². The Morgan fingerprint density at radius 1 is 1.31 bits per heavy atom. The standard InChI is InChI=1S/C13H19/c1-3-12(4-2)10-11-13-8-6-5-7-9-13/h1-3,12-13H,5-11H2. The lowest BCUT2D eigenvalue weighted by Crippen LogP contribution is -2.07. The van der Waals surface area contributed by atoms with Gasteiger partial charge in [-0.1, -0.05) is 50.7 Å². The lowest BCUT2D eigenvalue weighted by atomic mass is 9.84. The Bertz CT molecular complexity index is 179. The number of terminal acetylenes is 1. The van der Waals surface area contributed by atoms with Gasteiger partial charge in [0.15, 0.2) is 0 Å². The molecule has 0 N–H and O–H groups in total. The fourth-order valence-corrected chi connectivity index (χ4v) is 2.13. The van der Waals surface area contributed by atoms with Crippen molar-refractivity contribution in [3.63, 3.8) is 0 Å². The molecule has 0 nitrogen and oxygen atoms in total. The van der Waals surface area contributed by atoms with Gasteiger partial charge in [-0.25, -0.2) is 0 Å². The molecule has 0 bridgehead atoms. The molecule has 0 spiro atoms. The van der Waals surface area contributed by atoms with E-state index >= 15 is 0 Å². The molecule has 1 fully saturated rings. The Morgan fingerprint density at radius 3 is 2.54 bits per heavy atom. The zero-order chi connectivity index (χ0) is 9.52. The first-order valence-corrected chi connectivity index (χ1v) is 5.38. The van der Waals surface area contributed by atoms with Crippen molar-refractivity contribution in [2.24, 2.45) is 11.8 Å². The van der Waals surface area contributed by atoms with Crippen LogP contribution in [0.4, 0.5) is 0 Å². The van der Waals surface area contributed by atoms with Gasteiger partial charge in [0.05, 0.1) is 0 Å². The van der Waals surface area contributed by atoms with Crippen molar-refractivity contribution in [2.45, 2.75) is 44.9 Å². The topological polar surface area (TPSA) is 0 Å². The largest absolute Gasteiger partial charge is 0.119 e. The number of rotatable bonds is 4. The molecule has 0 saturated heterocycles. The number of allylic oxidation sites excluding steroid dienone is 1. The Morgan fingerprint density at radius 2 is 2.00 bits per heavy atom. The van der Waals surface area contributed by atoms with Crippen LogP contribution in [-0.4, -0.2) is 0 Å². The Labute approximate surface area is 82.4 Å². The quantitative estimate of drug-likeness (QED) is 0.573. The molecular formula is C13H19. The van der Waals surface area contributed by atoms with E-state index in [2.05, 4.69) is 5.92 Å². The second-order valence-electron chi connectivity index (χ2n) is 4.05. The zero-order valence-electron chi connectivity index (χ0n) is 8.34. The lowest BCUT2D eigenvalue weighted by molar-refractivity contribution is 0.327. The van der Waals surface area contributed by atoms with Gasteiger partial charge >= 0.3 is 0 Å². The molecule has 0 heteroatoms. The number of hydrogen-bond donors (Lipinski definition) is 0. The predicted octanol–water partition coefficient (Wildman–Crippen LogP) is 3.59. The maximum Gasteiger partial charge on any atom is 0.0383 e. The van der Waals surface area contributed by atoms with Crippen molar-refractivity contribution in [1.29, 1.82) is 0 Å². The van der Waals surface area contributed by atoms with Gasteiger partial charge in [0.25, 0.3) is 0 Å². The normalized spacial score (nSPS) is 20.5. The van der Waals surface area contributed by atoms with Gasteiger partial charge in [-0.15, -0.1) is 6.42 Å². The molecule has 0 aromatic heterocycles. The van der Waals surface area contributed by atoms with Crippen molar-refractivity contribution < 1.29 is 0 Å². The van der Waals surface area contributed by atoms with E-state index in [-0.39, 0.29) is 5.92 Å². The van der Waals surface area contributed by atoms with E-state index in [9.17, 15) is 0 Å². The molecule has 1 aliphatic rings. The first-order valence-electron chi connectivity index (χ1n) is 5.38. The minimum atomic E-state index is 0.196. The van der Waals surface area contributed by atoms with Crippen molar-refractivity contribution in [2.75, 3.05) is 0 Å². The summed E-state index contributed by atoms with van der Waals surface area (Å²) in [5.74, 6) is 3.83. The van der Waals surface area contributed by atoms with Crippen molar-refractivity contribution >= 4 is 0 Å². The lowest BCUT2D eigenvalue weighted by Gasteiger charge is -2.21. The maximum atomic E-state index is 5.43. The number of hydrogen-bond acceptors (Lipinski definition) is 0. The van der Waals surface area contributed by atoms with Crippen LogP contribution in [0.3, 0.4) is 0 Å². The molecule has 71 valence electrons. The average molecular weight is 175 g/mol. The second-order valence-corrected chi connectivity index (χ2v) is 4.05. The van der Waals surface area contributed by atoms with E-state index in [0.717, 1.165) is 12.3 Å². The maximum absolute atomic E-state index is 5.43. The summed E-state index contributed by atoms with van der Waals surface area (Å²) in [7, 11) is 0. The van der Waals surface area contributed by atoms with Crippen LogP contribution in [0.1, 0.15) is 44.9 Å². The van der Waals surface area contributed by atoms with Gasteiger partial charge < -0.3 is 0 Å². The predicted molar refractivity (Wildman–Crippen MR) is 57.0 cm³/mol. The van der Waals surface area contributed by atoms with E-state index in [1.165, 1.54) is 38.5 Å². The Balaban J connectivity index is 2.17. The van der Waals surface area contributed by atoms with Gasteiger partial charge in [0.2, 0.25) is 0 Å². The van der Waals surface area contributed by atoms with Crippen LogP contribution in [0, 0.1) is 30.8 Å². The van der Waals surface area contributed by atoms with Gasteiger partial charge in [-0.3, -0.25) is 0 Å². The molecule has 1 radical (unpaired) electrons. The second kappa shape index (κ2) is 5.86. The Kier molecular flexibility index (Phi) is 4.68. The first-order chi connectivity index (χ1) is 6.36. The molecule has 0 amide bonds. The summed E-state index contributed by atoms with van der Waals surface area (Å²) in [6.07, 6.45) is 16.4. The molecule has 1 unspecified atom stereocenters. The summed E-state index contributed by atoms with van der Waals surface area (Å²) in [5, 5.41) is 0. The van der Waals surface area contributed by atoms with Crippen LogP contribution < -0.4 is 0 Å². The molecule has 1 atom stereocenters. The van der Waals surface area contributed by atoms with E-state index in [1.807, 2.05) is 0 Å². The fourth-order valence-electron chi connectivity index (χ4n) is 2.13. The summed E-state index contributed by atoms with van der Waals surface area (Å²) in [5.41, 5.74) is 0. The average Bonchev–Trinajstić information content (AvgIpc) is 2.21. The molecule has 0 heterocycles. The molecule has 0 aliphatic heterocycles. The van der Waals surface area contributed by atoms with Crippen LogP contribution >= 0.6 is 0 Å². The highest BCUT2D eigenvalue weighted by atomic mass is 14.2. The minimum Gasteiger partial charge on any atom is -0.119 e. The highest BCUT2D eigenvalue weighted by Gasteiger charge is 2.13. The third kappa shape index (κ3) is 3.68. The molecular weight excluding hydrogens is 156 g/mol. The third-order valence-corrected chi connectivity index (χ3v) is 3.06. The summed E-state index contributed by atoms with van der Waals surface area (Å²) in [6, 6.07) is 0. The van der Waals surface area contributed by atoms with Gasteiger partial charge in [0, 0.05) is 5.92 Å². The van der Waals surface area contributed by atoms with Crippen molar-refractivity contribution in [3.05, 3.63) is 12.7 Å².